The van der Waals surface area contributed by atoms with Gasteiger partial charge >= 0.3 is 0 Å². The number of ether oxygens (including phenoxy) is 1. The van der Waals surface area contributed by atoms with Crippen LogP contribution in [0.2, 0.25) is 5.02 Å². The van der Waals surface area contributed by atoms with E-state index in [4.69, 9.17) is 27.5 Å². The van der Waals surface area contributed by atoms with Crippen LogP contribution in [0.15, 0.2) is 42.7 Å². The maximum Gasteiger partial charge on any atom is 0.276 e. The van der Waals surface area contributed by atoms with Crippen LogP contribution in [-0.2, 0) is 0 Å². The minimum atomic E-state index is -0.426. The van der Waals surface area contributed by atoms with Crippen molar-refractivity contribution in [3.05, 3.63) is 53.4 Å². The molecule has 0 atom stereocenters. The van der Waals surface area contributed by atoms with E-state index >= 15 is 0 Å². The van der Waals surface area contributed by atoms with Crippen LogP contribution in [-0.4, -0.2) is 33.8 Å². The molecule has 3 rings (SSSR count). The summed E-state index contributed by atoms with van der Waals surface area (Å²) in [7, 11) is 1.43. The van der Waals surface area contributed by atoms with E-state index in [2.05, 4.69) is 9.97 Å². The van der Waals surface area contributed by atoms with E-state index in [1.54, 1.807) is 42.7 Å². The molecule has 1 amide bonds. The molecule has 0 radical (unpaired) electrons. The Bertz CT molecular complexity index is 923. The fourth-order valence-corrected chi connectivity index (χ4v) is 2.44. The molecule has 0 bridgehead atoms. The second-order valence-corrected chi connectivity index (χ2v) is 5.50. The molecule has 0 fully saturated rings. The highest BCUT2D eigenvalue weighted by Crippen LogP contribution is 2.32. The van der Waals surface area contributed by atoms with Gasteiger partial charge in [-0.15, -0.1) is 0 Å². The Balaban J connectivity index is 1.96. The number of hydrogen-bond donors (Lipinski definition) is 3. The van der Waals surface area contributed by atoms with Gasteiger partial charge in [-0.1, -0.05) is 11.6 Å². The smallest absolute Gasteiger partial charge is 0.276 e. The fraction of sp³-hybridized carbons (Fsp3) is 0.0625. The lowest BCUT2D eigenvalue weighted by Gasteiger charge is -2.12. The van der Waals surface area contributed by atoms with Crippen molar-refractivity contribution in [2.24, 2.45) is 5.73 Å². The summed E-state index contributed by atoms with van der Waals surface area (Å²) in [5.74, 6) is 0.322. The maximum atomic E-state index is 12.2. The first-order valence-corrected chi connectivity index (χ1v) is 7.35. The number of H-pyrrole nitrogens is 1. The van der Waals surface area contributed by atoms with Crippen LogP contribution >= 0.6 is 11.6 Å². The van der Waals surface area contributed by atoms with Crippen molar-refractivity contribution >= 4 is 34.4 Å². The van der Waals surface area contributed by atoms with Gasteiger partial charge in [-0.05, 0) is 18.2 Å². The first-order chi connectivity index (χ1) is 11.5. The molecule has 0 spiro atoms. The van der Waals surface area contributed by atoms with Crippen molar-refractivity contribution < 1.29 is 9.53 Å². The number of fused-ring (bicyclic) bond motifs is 1. The number of amides is 1. The number of carbonyl (C=O) groups excluding carboxylic acids is 1. The topological polar surface area (TPSA) is 108 Å². The highest BCUT2D eigenvalue weighted by Gasteiger charge is 2.17. The monoisotopic (exact) mass is 343 g/mol. The number of pyridine rings is 1. The zero-order valence-corrected chi connectivity index (χ0v) is 13.5. The third kappa shape index (κ3) is 3.02. The summed E-state index contributed by atoms with van der Waals surface area (Å²) in [6, 6.07) is 8.55. The van der Waals surface area contributed by atoms with Gasteiger partial charge in [0.1, 0.15) is 17.2 Å². The Labute approximate surface area is 142 Å². The third-order valence-corrected chi connectivity index (χ3v) is 3.74. The van der Waals surface area contributed by atoms with Gasteiger partial charge in [0.2, 0.25) is 0 Å². The standard InChI is InChI=1S/C16H14ClN5O2/c1-22(16(18)19)15(23)14-7-11-12(17)5-10(6-13(11)21-14)24-9-3-2-4-20-8-9/h2-8,21H,1H3,(H3,18,19). The molecule has 122 valence electrons. The number of aromatic amines is 1. The van der Waals surface area contributed by atoms with Gasteiger partial charge in [-0.25, -0.2) is 0 Å². The number of carbonyl (C=O) groups is 1. The van der Waals surface area contributed by atoms with Crippen LogP contribution in [0.1, 0.15) is 10.5 Å². The molecule has 4 N–H and O–H groups in total. The number of nitrogens with zero attached hydrogens (tertiary/aromatic N) is 2. The van der Waals surface area contributed by atoms with E-state index in [-0.39, 0.29) is 11.7 Å². The molecule has 0 saturated carbocycles. The fourth-order valence-electron chi connectivity index (χ4n) is 2.18. The molecule has 1 aromatic carbocycles. The zero-order chi connectivity index (χ0) is 17.3. The van der Waals surface area contributed by atoms with Gasteiger partial charge in [0.15, 0.2) is 5.96 Å². The van der Waals surface area contributed by atoms with Crippen LogP contribution in [0, 0.1) is 5.41 Å². The maximum absolute atomic E-state index is 12.2. The van der Waals surface area contributed by atoms with Gasteiger partial charge in [-0.3, -0.25) is 20.1 Å². The molecule has 0 aliphatic heterocycles. The van der Waals surface area contributed by atoms with Crippen molar-refractivity contribution in [3.63, 3.8) is 0 Å². The largest absolute Gasteiger partial charge is 0.456 e. The van der Waals surface area contributed by atoms with E-state index in [1.165, 1.54) is 7.05 Å². The average molecular weight is 344 g/mol. The summed E-state index contributed by atoms with van der Waals surface area (Å²) in [6.07, 6.45) is 3.24. The predicted molar refractivity (Wildman–Crippen MR) is 91.6 cm³/mol. The van der Waals surface area contributed by atoms with E-state index in [9.17, 15) is 4.79 Å². The van der Waals surface area contributed by atoms with Crippen LogP contribution in [0.5, 0.6) is 11.5 Å². The quantitative estimate of drug-likeness (QED) is 0.501. The lowest BCUT2D eigenvalue weighted by Crippen LogP contribution is -2.38. The predicted octanol–water partition coefficient (Wildman–Crippen LogP) is 2.97. The minimum Gasteiger partial charge on any atom is -0.456 e. The van der Waals surface area contributed by atoms with Crippen molar-refractivity contribution in [2.45, 2.75) is 0 Å². The van der Waals surface area contributed by atoms with E-state index in [0.29, 0.717) is 27.4 Å². The molecule has 0 saturated heterocycles. The van der Waals surface area contributed by atoms with E-state index in [0.717, 1.165) is 4.90 Å². The summed E-state index contributed by atoms with van der Waals surface area (Å²) in [5, 5.41) is 8.45. The number of benzene rings is 1. The van der Waals surface area contributed by atoms with Crippen LogP contribution in [0.4, 0.5) is 0 Å². The van der Waals surface area contributed by atoms with Crippen molar-refractivity contribution in [1.82, 2.24) is 14.9 Å². The van der Waals surface area contributed by atoms with Crippen LogP contribution in [0.3, 0.4) is 0 Å². The van der Waals surface area contributed by atoms with Gasteiger partial charge < -0.3 is 15.5 Å². The van der Waals surface area contributed by atoms with Crippen molar-refractivity contribution in [3.8, 4) is 11.5 Å². The summed E-state index contributed by atoms with van der Waals surface area (Å²) in [4.78, 5) is 20.2. The molecule has 0 aliphatic rings. The first kappa shape index (κ1) is 15.8. The molecular weight excluding hydrogens is 330 g/mol. The molecule has 24 heavy (non-hydrogen) atoms. The number of aromatic nitrogens is 2. The minimum absolute atomic E-state index is 0.281. The van der Waals surface area contributed by atoms with Gasteiger partial charge in [0, 0.05) is 30.8 Å². The van der Waals surface area contributed by atoms with Crippen LogP contribution < -0.4 is 10.5 Å². The highest BCUT2D eigenvalue weighted by atomic mass is 35.5. The van der Waals surface area contributed by atoms with Gasteiger partial charge in [0.05, 0.1) is 16.7 Å². The number of nitrogens with one attached hydrogen (secondary N) is 2. The molecule has 0 aliphatic carbocycles. The molecule has 0 unspecified atom stereocenters. The third-order valence-electron chi connectivity index (χ3n) is 3.43. The Morgan fingerprint density at radius 2 is 2.17 bits per heavy atom. The lowest BCUT2D eigenvalue weighted by molar-refractivity contribution is 0.0864. The van der Waals surface area contributed by atoms with Crippen LogP contribution in [0.25, 0.3) is 10.9 Å². The molecular formula is C16H14ClN5O2. The Kier molecular flexibility index (Phi) is 4.09. The molecule has 8 heteroatoms. The first-order valence-electron chi connectivity index (χ1n) is 6.98. The Morgan fingerprint density at radius 1 is 1.38 bits per heavy atom. The molecule has 2 aromatic heterocycles. The number of guanidine groups is 1. The van der Waals surface area contributed by atoms with Gasteiger partial charge in [-0.2, -0.15) is 0 Å². The van der Waals surface area contributed by atoms with E-state index < -0.39 is 5.91 Å². The normalized spacial score (nSPS) is 10.6. The molecule has 3 aromatic rings. The molecule has 7 nitrogen and oxygen atoms in total. The second kappa shape index (κ2) is 6.21. The van der Waals surface area contributed by atoms with Gasteiger partial charge in [0.25, 0.3) is 5.91 Å². The number of halogens is 1. The summed E-state index contributed by atoms with van der Waals surface area (Å²) >= 11 is 6.28. The summed E-state index contributed by atoms with van der Waals surface area (Å²) in [5.41, 5.74) is 6.25. The Hall–Kier alpha value is -3.06. The Morgan fingerprint density at radius 3 is 2.83 bits per heavy atom. The summed E-state index contributed by atoms with van der Waals surface area (Å²) in [6.45, 7) is 0. The average Bonchev–Trinajstić information content (AvgIpc) is 2.99. The van der Waals surface area contributed by atoms with Crippen molar-refractivity contribution in [1.29, 1.82) is 5.41 Å². The van der Waals surface area contributed by atoms with Crippen molar-refractivity contribution in [2.75, 3.05) is 7.05 Å². The number of hydrogen-bond acceptors (Lipinski definition) is 4. The lowest BCUT2D eigenvalue weighted by atomic mass is 10.2. The molecule has 2 heterocycles. The zero-order valence-electron chi connectivity index (χ0n) is 12.7. The number of nitrogens with two attached hydrogens (primary N) is 1. The second-order valence-electron chi connectivity index (χ2n) is 5.09. The van der Waals surface area contributed by atoms with E-state index in [1.807, 2.05) is 0 Å². The highest BCUT2D eigenvalue weighted by molar-refractivity contribution is 6.35. The summed E-state index contributed by atoms with van der Waals surface area (Å²) < 4.78 is 5.71. The number of rotatable bonds is 3. The SMILES string of the molecule is CN(C(=N)N)C(=O)c1cc2c(Cl)cc(Oc3cccnc3)cc2[nH]1.